The molecule has 0 saturated heterocycles. The van der Waals surface area contributed by atoms with Crippen LogP contribution in [0.25, 0.3) is 0 Å². The molecule has 1 aromatic heterocycles. The molecule has 1 aromatic rings. The van der Waals surface area contributed by atoms with Gasteiger partial charge in [-0.15, -0.1) is 10.2 Å². The maximum atomic E-state index is 12.4. The Kier molecular flexibility index (Phi) is 4.37. The van der Waals surface area contributed by atoms with E-state index in [0.717, 1.165) is 25.7 Å². The molecule has 3 nitrogen and oxygen atoms in total. The summed E-state index contributed by atoms with van der Waals surface area (Å²) in [7, 11) is 0. The molecule has 0 aromatic carbocycles. The maximum Gasteiger partial charge on any atom is 0.445 e. The van der Waals surface area contributed by atoms with Gasteiger partial charge in [0.25, 0.3) is 0 Å². The summed E-state index contributed by atoms with van der Waals surface area (Å²) in [4.78, 5) is 0. The topological polar surface area (TPSA) is 37.8 Å². The second-order valence-electron chi connectivity index (χ2n) is 4.26. The number of hydrogen-bond acceptors (Lipinski definition) is 5. The van der Waals surface area contributed by atoms with Crippen LogP contribution in [0, 0.1) is 0 Å². The molecule has 0 aliphatic heterocycles. The molecule has 0 bridgehead atoms. The minimum Gasteiger partial charge on any atom is -0.357 e. The van der Waals surface area contributed by atoms with E-state index in [-0.39, 0.29) is 11.2 Å². The van der Waals surface area contributed by atoms with E-state index < -0.39 is 11.2 Å². The van der Waals surface area contributed by atoms with E-state index in [1.54, 1.807) is 0 Å². The summed E-state index contributed by atoms with van der Waals surface area (Å²) < 4.78 is 37.1. The van der Waals surface area contributed by atoms with E-state index in [9.17, 15) is 13.2 Å². The van der Waals surface area contributed by atoms with Crippen LogP contribution in [0.15, 0.2) is 0 Å². The Morgan fingerprint density at radius 2 is 1.89 bits per heavy atom. The van der Waals surface area contributed by atoms with E-state index in [4.69, 9.17) is 0 Å². The second kappa shape index (κ2) is 5.64. The van der Waals surface area contributed by atoms with Crippen LogP contribution in [0.3, 0.4) is 0 Å². The SMILES string of the molecule is CSC1CCC(Nc2nnc(C(F)(F)F)s2)CC1. The van der Waals surface area contributed by atoms with Crippen molar-refractivity contribution in [1.29, 1.82) is 0 Å². The fraction of sp³-hybridized carbons (Fsp3) is 0.800. The van der Waals surface area contributed by atoms with Crippen molar-refractivity contribution in [2.24, 2.45) is 0 Å². The third-order valence-corrected chi connectivity index (χ3v) is 5.04. The number of rotatable bonds is 3. The summed E-state index contributed by atoms with van der Waals surface area (Å²) in [5.74, 6) is 0. The highest BCUT2D eigenvalue weighted by Gasteiger charge is 2.36. The van der Waals surface area contributed by atoms with Gasteiger partial charge in [0.1, 0.15) is 0 Å². The van der Waals surface area contributed by atoms with E-state index in [1.807, 2.05) is 11.8 Å². The number of anilines is 1. The number of nitrogens with zero attached hydrogens (tertiary/aromatic N) is 2. The van der Waals surface area contributed by atoms with E-state index in [2.05, 4.69) is 21.8 Å². The lowest BCUT2D eigenvalue weighted by molar-refractivity contribution is -0.138. The quantitative estimate of drug-likeness (QED) is 0.924. The van der Waals surface area contributed by atoms with Crippen LogP contribution in [-0.4, -0.2) is 27.7 Å². The average Bonchev–Trinajstić information content (AvgIpc) is 2.78. The number of aromatic nitrogens is 2. The van der Waals surface area contributed by atoms with Crippen LogP contribution < -0.4 is 5.32 Å². The van der Waals surface area contributed by atoms with E-state index >= 15 is 0 Å². The molecule has 1 aliphatic carbocycles. The molecule has 0 spiro atoms. The number of alkyl halides is 3. The highest BCUT2D eigenvalue weighted by atomic mass is 32.2. The van der Waals surface area contributed by atoms with Gasteiger partial charge in [0.15, 0.2) is 0 Å². The van der Waals surface area contributed by atoms with Crippen molar-refractivity contribution in [3.05, 3.63) is 5.01 Å². The van der Waals surface area contributed by atoms with Crippen molar-refractivity contribution in [1.82, 2.24) is 10.2 Å². The van der Waals surface area contributed by atoms with E-state index in [1.165, 1.54) is 0 Å². The molecule has 0 atom stereocenters. The first kappa shape index (κ1) is 13.9. The molecule has 102 valence electrons. The largest absolute Gasteiger partial charge is 0.445 e. The Hall–Kier alpha value is -0.500. The molecular formula is C10H14F3N3S2. The normalized spacial score (nSPS) is 25.1. The van der Waals surface area contributed by atoms with Gasteiger partial charge in [0.05, 0.1) is 0 Å². The number of thioether (sulfide) groups is 1. The van der Waals surface area contributed by atoms with Crippen LogP contribution in [0.4, 0.5) is 18.3 Å². The number of nitrogens with one attached hydrogen (secondary N) is 1. The standard InChI is InChI=1S/C10H14F3N3S2/c1-17-7-4-2-6(3-5-7)14-9-16-15-8(18-9)10(11,12)13/h6-7H,2-5H2,1H3,(H,14,16). The lowest BCUT2D eigenvalue weighted by Crippen LogP contribution is -2.26. The fourth-order valence-electron chi connectivity index (χ4n) is 2.01. The van der Waals surface area contributed by atoms with Gasteiger partial charge in [0, 0.05) is 11.3 Å². The van der Waals surface area contributed by atoms with Gasteiger partial charge in [-0.1, -0.05) is 11.3 Å². The summed E-state index contributed by atoms with van der Waals surface area (Å²) in [5, 5.41) is 9.83. The molecule has 0 unspecified atom stereocenters. The zero-order chi connectivity index (χ0) is 13.2. The lowest BCUT2D eigenvalue weighted by atomic mass is 9.95. The number of hydrogen-bond donors (Lipinski definition) is 1. The van der Waals surface area contributed by atoms with Gasteiger partial charge in [-0.25, -0.2) is 0 Å². The Labute approximate surface area is 112 Å². The molecule has 1 N–H and O–H groups in total. The molecule has 1 aliphatic rings. The Morgan fingerprint density at radius 1 is 1.22 bits per heavy atom. The molecular weight excluding hydrogens is 283 g/mol. The zero-order valence-corrected chi connectivity index (χ0v) is 11.5. The smallest absolute Gasteiger partial charge is 0.357 e. The van der Waals surface area contributed by atoms with Crippen LogP contribution in [0.2, 0.25) is 0 Å². The summed E-state index contributed by atoms with van der Waals surface area (Å²) in [6.07, 6.45) is 1.86. The van der Waals surface area contributed by atoms with Crippen molar-refractivity contribution in [3.8, 4) is 0 Å². The highest BCUT2D eigenvalue weighted by molar-refractivity contribution is 7.99. The minimum atomic E-state index is -4.39. The Morgan fingerprint density at radius 3 is 2.39 bits per heavy atom. The maximum absolute atomic E-state index is 12.4. The van der Waals surface area contributed by atoms with Crippen LogP contribution in [0.5, 0.6) is 0 Å². The van der Waals surface area contributed by atoms with Gasteiger partial charge >= 0.3 is 6.18 Å². The van der Waals surface area contributed by atoms with Crippen LogP contribution in [0.1, 0.15) is 30.7 Å². The Balaban J connectivity index is 1.89. The van der Waals surface area contributed by atoms with Crippen molar-refractivity contribution in [3.63, 3.8) is 0 Å². The first-order chi connectivity index (χ1) is 8.49. The van der Waals surface area contributed by atoms with Gasteiger partial charge in [-0.05, 0) is 31.9 Å². The third kappa shape index (κ3) is 3.50. The predicted molar refractivity (Wildman–Crippen MR) is 68.1 cm³/mol. The average molecular weight is 297 g/mol. The highest BCUT2D eigenvalue weighted by Crippen LogP contribution is 2.34. The molecule has 1 heterocycles. The fourth-order valence-corrected chi connectivity index (χ4v) is 3.44. The minimum absolute atomic E-state index is 0.224. The molecule has 8 heteroatoms. The predicted octanol–water partition coefficient (Wildman–Crippen LogP) is 3.64. The van der Waals surface area contributed by atoms with Gasteiger partial charge in [0.2, 0.25) is 10.1 Å². The van der Waals surface area contributed by atoms with Crippen molar-refractivity contribution in [2.45, 2.75) is 43.2 Å². The molecule has 2 rings (SSSR count). The molecule has 1 saturated carbocycles. The summed E-state index contributed by atoms with van der Waals surface area (Å²) in [6.45, 7) is 0. The lowest BCUT2D eigenvalue weighted by Gasteiger charge is -2.27. The zero-order valence-electron chi connectivity index (χ0n) is 9.83. The van der Waals surface area contributed by atoms with Crippen LogP contribution in [-0.2, 0) is 6.18 Å². The van der Waals surface area contributed by atoms with Gasteiger partial charge in [-0.2, -0.15) is 24.9 Å². The number of halogens is 3. The first-order valence-corrected chi connectivity index (χ1v) is 7.79. The summed E-state index contributed by atoms with van der Waals surface area (Å²) in [6, 6.07) is 0.224. The third-order valence-electron chi connectivity index (χ3n) is 3.00. The molecule has 1 fully saturated rings. The van der Waals surface area contributed by atoms with Crippen molar-refractivity contribution >= 4 is 28.2 Å². The van der Waals surface area contributed by atoms with Gasteiger partial charge in [-0.3, -0.25) is 0 Å². The van der Waals surface area contributed by atoms with Crippen molar-refractivity contribution in [2.75, 3.05) is 11.6 Å². The molecule has 18 heavy (non-hydrogen) atoms. The first-order valence-electron chi connectivity index (χ1n) is 5.69. The summed E-state index contributed by atoms with van der Waals surface area (Å²) in [5.41, 5.74) is 0. The Bertz CT molecular complexity index is 386. The molecule has 0 radical (unpaired) electrons. The summed E-state index contributed by atoms with van der Waals surface area (Å²) >= 11 is 2.44. The van der Waals surface area contributed by atoms with Crippen LogP contribution >= 0.6 is 23.1 Å². The van der Waals surface area contributed by atoms with Gasteiger partial charge < -0.3 is 5.32 Å². The monoisotopic (exact) mass is 297 g/mol. The molecule has 0 amide bonds. The second-order valence-corrected chi connectivity index (χ2v) is 6.38. The van der Waals surface area contributed by atoms with E-state index in [0.29, 0.717) is 16.6 Å². The van der Waals surface area contributed by atoms with Crippen molar-refractivity contribution < 1.29 is 13.2 Å².